The molecular formula is C11H10Cl2N2O3. The van der Waals surface area contributed by atoms with Crippen LogP contribution in [-0.2, 0) is 9.59 Å². The fourth-order valence-electron chi connectivity index (χ4n) is 1.89. The van der Waals surface area contributed by atoms with Gasteiger partial charge < -0.3 is 15.7 Å². The number of aliphatic carboxylic acids is 1. The molecule has 1 amide bonds. The Labute approximate surface area is 113 Å². The third-order valence-corrected chi connectivity index (χ3v) is 3.56. The van der Waals surface area contributed by atoms with Gasteiger partial charge in [0.05, 0.1) is 27.3 Å². The van der Waals surface area contributed by atoms with E-state index in [9.17, 15) is 9.59 Å². The summed E-state index contributed by atoms with van der Waals surface area (Å²) < 4.78 is 0. The van der Waals surface area contributed by atoms with Crippen LogP contribution in [0.25, 0.3) is 0 Å². The predicted octanol–water partition coefficient (Wildman–Crippen LogP) is 2.01. The number of hydrogen-bond donors (Lipinski definition) is 2. The average molecular weight is 289 g/mol. The van der Waals surface area contributed by atoms with Gasteiger partial charge in [-0.15, -0.1) is 0 Å². The third-order valence-electron chi connectivity index (χ3n) is 2.83. The van der Waals surface area contributed by atoms with Gasteiger partial charge in [-0.3, -0.25) is 9.59 Å². The lowest BCUT2D eigenvalue weighted by Crippen LogP contribution is -2.26. The van der Waals surface area contributed by atoms with Crippen LogP contribution in [0.4, 0.5) is 11.4 Å². The van der Waals surface area contributed by atoms with E-state index in [1.54, 1.807) is 0 Å². The minimum atomic E-state index is -0.996. The van der Waals surface area contributed by atoms with Crippen LogP contribution < -0.4 is 10.6 Å². The zero-order chi connectivity index (χ0) is 13.4. The number of carbonyl (C=O) groups excluding carboxylic acids is 1. The number of carbonyl (C=O) groups is 2. The van der Waals surface area contributed by atoms with Gasteiger partial charge in [0.25, 0.3) is 0 Å². The van der Waals surface area contributed by atoms with Gasteiger partial charge in [-0.2, -0.15) is 0 Å². The first-order valence-electron chi connectivity index (χ1n) is 5.18. The molecule has 1 aromatic rings. The molecule has 5 nitrogen and oxygen atoms in total. The van der Waals surface area contributed by atoms with Crippen LogP contribution in [0.15, 0.2) is 12.1 Å². The summed E-state index contributed by atoms with van der Waals surface area (Å²) in [5.41, 5.74) is 6.47. The fourth-order valence-corrected chi connectivity index (χ4v) is 2.22. The molecule has 1 heterocycles. The smallest absolute Gasteiger partial charge is 0.308 e. The lowest BCUT2D eigenvalue weighted by molar-refractivity contribution is -0.141. The minimum Gasteiger partial charge on any atom is -0.481 e. The van der Waals surface area contributed by atoms with Gasteiger partial charge in [-0.05, 0) is 12.1 Å². The van der Waals surface area contributed by atoms with Crippen molar-refractivity contribution in [2.75, 3.05) is 17.2 Å². The highest BCUT2D eigenvalue weighted by Gasteiger charge is 2.35. The summed E-state index contributed by atoms with van der Waals surface area (Å²) in [6.07, 6.45) is -0.0327. The Kier molecular flexibility index (Phi) is 3.36. The first-order valence-corrected chi connectivity index (χ1v) is 5.93. The van der Waals surface area contributed by atoms with Crippen LogP contribution in [0.2, 0.25) is 10.0 Å². The van der Waals surface area contributed by atoms with E-state index < -0.39 is 11.9 Å². The first kappa shape index (κ1) is 13.0. The zero-order valence-corrected chi connectivity index (χ0v) is 10.7. The van der Waals surface area contributed by atoms with E-state index in [1.807, 2.05) is 0 Å². The average Bonchev–Trinajstić information content (AvgIpc) is 2.66. The highest BCUT2D eigenvalue weighted by molar-refractivity contribution is 6.42. The van der Waals surface area contributed by atoms with Crippen LogP contribution in [0.1, 0.15) is 6.42 Å². The van der Waals surface area contributed by atoms with Gasteiger partial charge in [0.2, 0.25) is 5.91 Å². The summed E-state index contributed by atoms with van der Waals surface area (Å²) in [7, 11) is 0. The molecule has 1 aliphatic rings. The number of carboxylic acid groups (broad SMARTS) is 1. The Bertz CT molecular complexity index is 533. The van der Waals surface area contributed by atoms with Crippen molar-refractivity contribution in [2.24, 2.45) is 5.92 Å². The van der Waals surface area contributed by atoms with Crippen molar-refractivity contribution in [3.05, 3.63) is 22.2 Å². The Morgan fingerprint density at radius 1 is 1.39 bits per heavy atom. The summed E-state index contributed by atoms with van der Waals surface area (Å²) in [4.78, 5) is 24.0. The van der Waals surface area contributed by atoms with E-state index >= 15 is 0 Å². The molecule has 18 heavy (non-hydrogen) atoms. The lowest BCUT2D eigenvalue weighted by Gasteiger charge is -2.19. The van der Waals surface area contributed by atoms with E-state index in [-0.39, 0.29) is 23.9 Å². The number of rotatable bonds is 2. The van der Waals surface area contributed by atoms with Crippen molar-refractivity contribution in [3.8, 4) is 0 Å². The first-order chi connectivity index (χ1) is 8.40. The van der Waals surface area contributed by atoms with E-state index in [0.717, 1.165) is 0 Å². The maximum absolute atomic E-state index is 11.8. The number of anilines is 2. The van der Waals surface area contributed by atoms with Gasteiger partial charge in [0.15, 0.2) is 0 Å². The molecular weight excluding hydrogens is 279 g/mol. The van der Waals surface area contributed by atoms with Crippen molar-refractivity contribution < 1.29 is 14.7 Å². The molecule has 1 unspecified atom stereocenters. The number of hydrogen-bond acceptors (Lipinski definition) is 3. The van der Waals surface area contributed by atoms with Crippen LogP contribution in [-0.4, -0.2) is 23.5 Å². The number of benzene rings is 1. The Morgan fingerprint density at radius 3 is 2.56 bits per heavy atom. The van der Waals surface area contributed by atoms with Crippen LogP contribution in [0.3, 0.4) is 0 Å². The number of halogens is 2. The van der Waals surface area contributed by atoms with Gasteiger partial charge >= 0.3 is 5.97 Å². The highest BCUT2D eigenvalue weighted by atomic mass is 35.5. The predicted molar refractivity (Wildman–Crippen MR) is 69.0 cm³/mol. The second-order valence-electron chi connectivity index (χ2n) is 4.07. The monoisotopic (exact) mass is 288 g/mol. The van der Waals surface area contributed by atoms with Crippen LogP contribution >= 0.6 is 23.2 Å². The Balaban J connectivity index is 2.35. The molecule has 3 N–H and O–H groups in total. The standard InChI is InChI=1S/C11H10Cl2N2O3/c12-6-2-8(14)9(3-7(6)13)15-4-5(11(17)18)1-10(15)16/h2-3,5H,1,4,14H2,(H,17,18). The third kappa shape index (κ3) is 2.23. The fraction of sp³-hybridized carbons (Fsp3) is 0.273. The Morgan fingerprint density at radius 2 is 2.00 bits per heavy atom. The van der Waals surface area contributed by atoms with E-state index in [0.29, 0.717) is 16.4 Å². The summed E-state index contributed by atoms with van der Waals surface area (Å²) >= 11 is 11.7. The maximum atomic E-state index is 11.8. The normalized spacial score (nSPS) is 19.3. The van der Waals surface area contributed by atoms with Gasteiger partial charge in [0.1, 0.15) is 0 Å². The molecule has 1 atom stereocenters. The summed E-state index contributed by atoms with van der Waals surface area (Å²) in [6.45, 7) is 0.0936. The molecule has 0 aliphatic carbocycles. The van der Waals surface area contributed by atoms with E-state index in [2.05, 4.69) is 0 Å². The summed E-state index contributed by atoms with van der Waals surface area (Å²) in [5.74, 6) is -2.00. The quantitative estimate of drug-likeness (QED) is 0.816. The molecule has 0 aromatic heterocycles. The zero-order valence-electron chi connectivity index (χ0n) is 9.19. The minimum absolute atomic E-state index is 0.0327. The topological polar surface area (TPSA) is 83.6 Å². The number of nitrogens with zero attached hydrogens (tertiary/aromatic N) is 1. The second kappa shape index (κ2) is 4.66. The van der Waals surface area contributed by atoms with Crippen molar-refractivity contribution in [2.45, 2.75) is 6.42 Å². The molecule has 0 saturated carbocycles. The van der Waals surface area contributed by atoms with Gasteiger partial charge in [0, 0.05) is 13.0 Å². The molecule has 1 aliphatic heterocycles. The molecule has 2 rings (SSSR count). The SMILES string of the molecule is Nc1cc(Cl)c(Cl)cc1N1CC(C(=O)O)CC1=O. The van der Waals surface area contributed by atoms with Crippen LogP contribution in [0.5, 0.6) is 0 Å². The van der Waals surface area contributed by atoms with Crippen molar-refractivity contribution in [1.29, 1.82) is 0 Å². The van der Waals surface area contributed by atoms with Gasteiger partial charge in [-0.25, -0.2) is 0 Å². The molecule has 7 heteroatoms. The van der Waals surface area contributed by atoms with Crippen LogP contribution in [0, 0.1) is 5.92 Å². The molecule has 1 fully saturated rings. The second-order valence-corrected chi connectivity index (χ2v) is 4.88. The molecule has 0 radical (unpaired) electrons. The van der Waals surface area contributed by atoms with Crippen molar-refractivity contribution >= 4 is 46.5 Å². The maximum Gasteiger partial charge on any atom is 0.308 e. The molecule has 1 saturated heterocycles. The van der Waals surface area contributed by atoms with Crippen molar-refractivity contribution in [1.82, 2.24) is 0 Å². The summed E-state index contributed by atoms with van der Waals surface area (Å²) in [6, 6.07) is 2.92. The number of nitrogen functional groups attached to an aromatic ring is 1. The number of amides is 1. The van der Waals surface area contributed by atoms with Gasteiger partial charge in [-0.1, -0.05) is 23.2 Å². The summed E-state index contributed by atoms with van der Waals surface area (Å²) in [5, 5.41) is 9.47. The highest BCUT2D eigenvalue weighted by Crippen LogP contribution is 2.35. The van der Waals surface area contributed by atoms with E-state index in [4.69, 9.17) is 34.0 Å². The Hall–Kier alpha value is -1.46. The number of carboxylic acids is 1. The molecule has 0 bridgehead atoms. The molecule has 0 spiro atoms. The van der Waals surface area contributed by atoms with E-state index in [1.165, 1.54) is 17.0 Å². The molecule has 96 valence electrons. The lowest BCUT2D eigenvalue weighted by atomic mass is 10.1. The van der Waals surface area contributed by atoms with Crippen molar-refractivity contribution in [3.63, 3.8) is 0 Å². The molecule has 1 aromatic carbocycles. The largest absolute Gasteiger partial charge is 0.481 e. The number of nitrogens with two attached hydrogens (primary N) is 1.